The minimum Gasteiger partial charge on any atom is -0.495 e. The number of carbonyl (C=O) groups excluding carboxylic acids is 1. The van der Waals surface area contributed by atoms with Gasteiger partial charge in [-0.05, 0) is 41.3 Å². The number of hydrogen-bond donors (Lipinski definition) is 3. The monoisotopic (exact) mass is 354 g/mol. The maximum atomic E-state index is 11.3. The van der Waals surface area contributed by atoms with Crippen LogP contribution in [0.5, 0.6) is 5.75 Å². The van der Waals surface area contributed by atoms with Gasteiger partial charge in [-0.25, -0.2) is 4.99 Å². The van der Waals surface area contributed by atoms with E-state index in [1.54, 1.807) is 13.2 Å². The first-order valence-corrected chi connectivity index (χ1v) is 8.50. The summed E-state index contributed by atoms with van der Waals surface area (Å²) in [6.07, 6.45) is 0. The molecule has 0 unspecified atom stereocenters. The molecule has 2 rings (SSSR count). The van der Waals surface area contributed by atoms with Crippen LogP contribution < -0.4 is 21.1 Å². The number of hydrogen-bond acceptors (Lipinski definition) is 3. The summed E-state index contributed by atoms with van der Waals surface area (Å²) in [5.41, 5.74) is 9.67. The van der Waals surface area contributed by atoms with Gasteiger partial charge in [-0.15, -0.1) is 0 Å². The lowest BCUT2D eigenvalue weighted by molar-refractivity contribution is -0.114. The molecule has 0 aromatic heterocycles. The predicted octanol–water partition coefficient (Wildman–Crippen LogP) is 3.70. The van der Waals surface area contributed by atoms with Gasteiger partial charge in [0, 0.05) is 12.6 Å². The Hall–Kier alpha value is -3.02. The van der Waals surface area contributed by atoms with E-state index < -0.39 is 0 Å². The molecule has 0 fully saturated rings. The van der Waals surface area contributed by atoms with Crippen LogP contribution in [0.15, 0.2) is 47.5 Å². The molecule has 138 valence electrons. The van der Waals surface area contributed by atoms with Crippen LogP contribution in [0, 0.1) is 0 Å². The van der Waals surface area contributed by atoms with Crippen LogP contribution in [0.3, 0.4) is 0 Å². The Morgan fingerprint density at radius 3 is 2.62 bits per heavy atom. The maximum absolute atomic E-state index is 11.3. The lowest BCUT2D eigenvalue weighted by atomic mass is 10.0. The van der Waals surface area contributed by atoms with Crippen LogP contribution in [-0.4, -0.2) is 19.0 Å². The summed E-state index contributed by atoms with van der Waals surface area (Å²) in [7, 11) is 1.56. The van der Waals surface area contributed by atoms with Crippen molar-refractivity contribution >= 4 is 23.2 Å². The van der Waals surface area contributed by atoms with Crippen LogP contribution in [0.2, 0.25) is 0 Å². The zero-order chi connectivity index (χ0) is 19.1. The fourth-order valence-electron chi connectivity index (χ4n) is 2.48. The number of aliphatic imine (C=N–C) groups is 1. The SMILES string of the molecule is COc1ccc(CN=C(N)Nc2cccc(C(C)C)c2)cc1NC(C)=O. The minimum atomic E-state index is -0.157. The van der Waals surface area contributed by atoms with Crippen LogP contribution >= 0.6 is 0 Å². The first kappa shape index (κ1) is 19.3. The lowest BCUT2D eigenvalue weighted by Crippen LogP contribution is -2.22. The van der Waals surface area contributed by atoms with Gasteiger partial charge in [0.1, 0.15) is 5.75 Å². The predicted molar refractivity (Wildman–Crippen MR) is 107 cm³/mol. The Morgan fingerprint density at radius 1 is 1.19 bits per heavy atom. The quantitative estimate of drug-likeness (QED) is 0.545. The van der Waals surface area contributed by atoms with Gasteiger partial charge in [0.05, 0.1) is 19.3 Å². The number of benzene rings is 2. The molecule has 0 atom stereocenters. The standard InChI is InChI=1S/C20H26N4O2/c1-13(2)16-6-5-7-17(11-16)24-20(21)22-12-15-8-9-19(26-4)18(10-15)23-14(3)25/h5-11,13H,12H2,1-4H3,(H,23,25)(H3,21,22,24). The average Bonchev–Trinajstić information content (AvgIpc) is 2.60. The molecule has 1 amide bonds. The van der Waals surface area contributed by atoms with Crippen LogP contribution in [0.1, 0.15) is 37.8 Å². The zero-order valence-electron chi connectivity index (χ0n) is 15.7. The molecule has 2 aromatic carbocycles. The van der Waals surface area contributed by atoms with E-state index in [0.717, 1.165) is 11.3 Å². The molecule has 0 saturated carbocycles. The molecule has 0 aliphatic carbocycles. The maximum Gasteiger partial charge on any atom is 0.221 e. The number of anilines is 2. The van der Waals surface area contributed by atoms with E-state index in [0.29, 0.717) is 29.9 Å². The topological polar surface area (TPSA) is 88.7 Å². The van der Waals surface area contributed by atoms with E-state index in [9.17, 15) is 4.79 Å². The Balaban J connectivity index is 2.08. The van der Waals surface area contributed by atoms with E-state index in [2.05, 4.69) is 41.6 Å². The number of nitrogens with one attached hydrogen (secondary N) is 2. The highest BCUT2D eigenvalue weighted by atomic mass is 16.5. The van der Waals surface area contributed by atoms with Gasteiger partial charge >= 0.3 is 0 Å². The number of nitrogens with two attached hydrogens (primary N) is 1. The van der Waals surface area contributed by atoms with E-state index in [4.69, 9.17) is 10.5 Å². The van der Waals surface area contributed by atoms with Crippen molar-refractivity contribution in [3.63, 3.8) is 0 Å². The minimum absolute atomic E-state index is 0.157. The molecular formula is C20H26N4O2. The third kappa shape index (κ3) is 5.51. The Bertz CT molecular complexity index is 800. The van der Waals surface area contributed by atoms with Crippen LogP contribution in [0.25, 0.3) is 0 Å². The summed E-state index contributed by atoms with van der Waals surface area (Å²) in [4.78, 5) is 15.7. The van der Waals surface area contributed by atoms with E-state index in [1.165, 1.54) is 12.5 Å². The van der Waals surface area contributed by atoms with Crippen molar-refractivity contribution < 1.29 is 9.53 Å². The smallest absolute Gasteiger partial charge is 0.221 e. The number of amides is 1. The van der Waals surface area contributed by atoms with Gasteiger partial charge in [-0.3, -0.25) is 4.79 Å². The van der Waals surface area contributed by atoms with Crippen molar-refractivity contribution in [1.82, 2.24) is 0 Å². The number of nitrogens with zero attached hydrogens (tertiary/aromatic N) is 1. The lowest BCUT2D eigenvalue weighted by Gasteiger charge is -2.11. The Morgan fingerprint density at radius 2 is 1.96 bits per heavy atom. The van der Waals surface area contributed by atoms with E-state index in [1.807, 2.05) is 24.3 Å². The van der Waals surface area contributed by atoms with Crippen molar-refractivity contribution in [3.05, 3.63) is 53.6 Å². The molecule has 2 aromatic rings. The fraction of sp³-hybridized carbons (Fsp3) is 0.300. The molecule has 0 bridgehead atoms. The summed E-state index contributed by atoms with van der Waals surface area (Å²) in [6.45, 7) is 6.14. The number of guanidine groups is 1. The van der Waals surface area contributed by atoms with Crippen LogP contribution in [0.4, 0.5) is 11.4 Å². The highest BCUT2D eigenvalue weighted by Crippen LogP contribution is 2.26. The van der Waals surface area contributed by atoms with Crippen molar-refractivity contribution in [2.24, 2.45) is 10.7 Å². The van der Waals surface area contributed by atoms with Crippen molar-refractivity contribution in [2.75, 3.05) is 17.7 Å². The second-order valence-corrected chi connectivity index (χ2v) is 6.32. The van der Waals surface area contributed by atoms with Gasteiger partial charge in [-0.2, -0.15) is 0 Å². The summed E-state index contributed by atoms with van der Waals surface area (Å²) in [6, 6.07) is 13.6. The summed E-state index contributed by atoms with van der Waals surface area (Å²) >= 11 is 0. The van der Waals surface area contributed by atoms with Gasteiger partial charge in [0.2, 0.25) is 5.91 Å². The number of rotatable bonds is 6. The normalized spacial score (nSPS) is 11.3. The average molecular weight is 354 g/mol. The molecule has 0 heterocycles. The number of carbonyl (C=O) groups is 1. The molecule has 6 heteroatoms. The number of ether oxygens (including phenoxy) is 1. The van der Waals surface area contributed by atoms with Crippen molar-refractivity contribution in [2.45, 2.75) is 33.2 Å². The highest BCUT2D eigenvalue weighted by Gasteiger charge is 2.06. The summed E-state index contributed by atoms with van der Waals surface area (Å²) in [5.74, 6) is 1.23. The third-order valence-corrected chi connectivity index (χ3v) is 3.83. The second kappa shape index (κ2) is 8.89. The van der Waals surface area contributed by atoms with Crippen molar-refractivity contribution in [3.8, 4) is 5.75 Å². The molecular weight excluding hydrogens is 328 g/mol. The van der Waals surface area contributed by atoms with Gasteiger partial charge in [0.15, 0.2) is 5.96 Å². The summed E-state index contributed by atoms with van der Waals surface area (Å²) in [5, 5.41) is 5.86. The fourth-order valence-corrected chi connectivity index (χ4v) is 2.48. The molecule has 0 aliphatic heterocycles. The van der Waals surface area contributed by atoms with E-state index >= 15 is 0 Å². The zero-order valence-corrected chi connectivity index (χ0v) is 15.7. The molecule has 0 aliphatic rings. The molecule has 0 saturated heterocycles. The molecule has 0 radical (unpaired) electrons. The largest absolute Gasteiger partial charge is 0.495 e. The van der Waals surface area contributed by atoms with Gasteiger partial charge in [-0.1, -0.05) is 32.0 Å². The first-order valence-electron chi connectivity index (χ1n) is 8.50. The van der Waals surface area contributed by atoms with Crippen molar-refractivity contribution in [1.29, 1.82) is 0 Å². The second-order valence-electron chi connectivity index (χ2n) is 6.32. The number of methoxy groups -OCH3 is 1. The Kier molecular flexibility index (Phi) is 6.60. The molecule has 4 N–H and O–H groups in total. The molecule has 6 nitrogen and oxygen atoms in total. The highest BCUT2D eigenvalue weighted by molar-refractivity contribution is 5.92. The Labute approximate surface area is 154 Å². The van der Waals surface area contributed by atoms with Crippen LogP contribution in [-0.2, 0) is 11.3 Å². The van der Waals surface area contributed by atoms with E-state index in [-0.39, 0.29) is 5.91 Å². The van der Waals surface area contributed by atoms with Gasteiger partial charge in [0.25, 0.3) is 0 Å². The first-order chi connectivity index (χ1) is 12.4. The molecule has 0 spiro atoms. The molecule has 26 heavy (non-hydrogen) atoms. The third-order valence-electron chi connectivity index (χ3n) is 3.83. The van der Waals surface area contributed by atoms with Gasteiger partial charge < -0.3 is 21.1 Å². The summed E-state index contributed by atoms with van der Waals surface area (Å²) < 4.78 is 5.25.